The highest BCUT2D eigenvalue weighted by Gasteiger charge is 2.33. The van der Waals surface area contributed by atoms with Crippen LogP contribution in [0.5, 0.6) is 0 Å². The third kappa shape index (κ3) is 5.94. The van der Waals surface area contributed by atoms with Gasteiger partial charge >= 0.3 is 6.18 Å². The van der Waals surface area contributed by atoms with Crippen LogP contribution in [0.25, 0.3) is 0 Å². The molecule has 1 unspecified atom stereocenters. The maximum Gasteiger partial charge on any atom is 0.416 e. The van der Waals surface area contributed by atoms with Gasteiger partial charge in [-0.05, 0) is 48.3 Å². The van der Waals surface area contributed by atoms with Crippen molar-refractivity contribution in [2.45, 2.75) is 23.5 Å². The molecule has 11 heteroatoms. The van der Waals surface area contributed by atoms with Crippen molar-refractivity contribution in [3.8, 4) is 0 Å². The Morgan fingerprint density at radius 2 is 1.69 bits per heavy atom. The zero-order chi connectivity index (χ0) is 25.3. The number of aromatic nitrogens is 1. The number of benzene rings is 1. The third-order valence-corrected chi connectivity index (χ3v) is 8.27. The van der Waals surface area contributed by atoms with Crippen LogP contribution in [0, 0.1) is 0 Å². The van der Waals surface area contributed by atoms with Crippen molar-refractivity contribution in [1.29, 1.82) is 0 Å². The summed E-state index contributed by atoms with van der Waals surface area (Å²) < 4.78 is 41.7. The van der Waals surface area contributed by atoms with E-state index in [-0.39, 0.29) is 11.0 Å². The molecule has 0 radical (unpaired) electrons. The summed E-state index contributed by atoms with van der Waals surface area (Å²) in [4.78, 5) is 12.0. The Bertz CT molecular complexity index is 1070. The van der Waals surface area contributed by atoms with Gasteiger partial charge in [0.2, 0.25) is 0 Å². The SMILES string of the molecule is C=C1CC(N2CCNCC2)CN1c1ccc(SN2CCN(c3cc(C(F)(F)F)cc(Cl)n3)CC2)cc1. The van der Waals surface area contributed by atoms with E-state index in [0.717, 1.165) is 56.2 Å². The first-order valence-corrected chi connectivity index (χ1v) is 13.3. The molecule has 4 heterocycles. The molecule has 1 aromatic carbocycles. The van der Waals surface area contributed by atoms with Gasteiger partial charge in [-0.2, -0.15) is 13.2 Å². The lowest BCUT2D eigenvalue weighted by Gasteiger charge is -2.35. The number of hydrogen-bond acceptors (Lipinski definition) is 7. The molecule has 0 amide bonds. The lowest BCUT2D eigenvalue weighted by Crippen LogP contribution is -2.49. The van der Waals surface area contributed by atoms with E-state index in [1.807, 2.05) is 4.90 Å². The predicted octanol–water partition coefficient (Wildman–Crippen LogP) is 4.58. The number of pyridine rings is 1. The molecule has 1 aromatic heterocycles. The monoisotopic (exact) mass is 538 g/mol. The molecule has 3 fully saturated rings. The molecule has 0 spiro atoms. The number of nitrogens with one attached hydrogen (secondary N) is 1. The first-order valence-electron chi connectivity index (χ1n) is 12.2. The number of rotatable bonds is 5. The molecule has 2 aromatic rings. The van der Waals surface area contributed by atoms with Gasteiger partial charge in [-0.1, -0.05) is 18.2 Å². The topological polar surface area (TPSA) is 37.9 Å². The highest BCUT2D eigenvalue weighted by atomic mass is 35.5. The summed E-state index contributed by atoms with van der Waals surface area (Å²) in [5.74, 6) is 0.272. The van der Waals surface area contributed by atoms with Gasteiger partial charge in [0.15, 0.2) is 0 Å². The minimum absolute atomic E-state index is 0.142. The van der Waals surface area contributed by atoms with Crippen molar-refractivity contribution >= 4 is 35.1 Å². The largest absolute Gasteiger partial charge is 0.416 e. The zero-order valence-corrected chi connectivity index (χ0v) is 21.5. The zero-order valence-electron chi connectivity index (χ0n) is 20.0. The van der Waals surface area contributed by atoms with E-state index in [1.54, 1.807) is 11.9 Å². The summed E-state index contributed by atoms with van der Waals surface area (Å²) in [6, 6.07) is 11.0. The molecule has 194 valence electrons. The summed E-state index contributed by atoms with van der Waals surface area (Å²) in [7, 11) is 0. The molecule has 0 aliphatic carbocycles. The van der Waals surface area contributed by atoms with E-state index in [4.69, 9.17) is 11.6 Å². The first kappa shape index (κ1) is 25.7. The Balaban J connectivity index is 1.15. The maximum absolute atomic E-state index is 13.1. The summed E-state index contributed by atoms with van der Waals surface area (Å²) in [6.07, 6.45) is -3.44. The number of anilines is 2. The quantitative estimate of drug-likeness (QED) is 0.441. The molecular formula is C25H30ClF3N6S. The molecular weight excluding hydrogens is 509 g/mol. The number of hydrogen-bond donors (Lipinski definition) is 1. The van der Waals surface area contributed by atoms with Crippen molar-refractivity contribution < 1.29 is 13.2 Å². The summed E-state index contributed by atoms with van der Waals surface area (Å²) in [6.45, 7) is 12.1. The maximum atomic E-state index is 13.1. The van der Waals surface area contributed by atoms with Crippen LogP contribution in [0.3, 0.4) is 0 Å². The number of nitrogens with zero attached hydrogens (tertiary/aromatic N) is 5. The molecule has 3 aliphatic rings. The van der Waals surface area contributed by atoms with Crippen LogP contribution in [0.15, 0.2) is 53.6 Å². The van der Waals surface area contributed by atoms with E-state index < -0.39 is 11.7 Å². The fourth-order valence-corrected chi connectivity index (χ4v) is 6.13. The van der Waals surface area contributed by atoms with E-state index in [1.165, 1.54) is 11.4 Å². The van der Waals surface area contributed by atoms with Crippen LogP contribution < -0.4 is 15.1 Å². The molecule has 1 atom stereocenters. The summed E-state index contributed by atoms with van der Waals surface area (Å²) in [5.41, 5.74) is 1.56. The van der Waals surface area contributed by atoms with Gasteiger partial charge in [-0.3, -0.25) is 4.90 Å². The predicted molar refractivity (Wildman–Crippen MR) is 140 cm³/mol. The second-order valence-electron chi connectivity index (χ2n) is 9.36. The Kier molecular flexibility index (Phi) is 7.69. The van der Waals surface area contributed by atoms with Crippen molar-refractivity contribution in [1.82, 2.24) is 19.5 Å². The van der Waals surface area contributed by atoms with Crippen LogP contribution in [0.1, 0.15) is 12.0 Å². The highest BCUT2D eigenvalue weighted by Crippen LogP contribution is 2.35. The van der Waals surface area contributed by atoms with Crippen molar-refractivity contribution in [2.24, 2.45) is 0 Å². The molecule has 36 heavy (non-hydrogen) atoms. The third-order valence-electron chi connectivity index (χ3n) is 6.97. The van der Waals surface area contributed by atoms with Gasteiger partial charge in [0.05, 0.1) is 5.56 Å². The van der Waals surface area contributed by atoms with Crippen LogP contribution in [-0.4, -0.2) is 79.1 Å². The number of halogens is 4. The van der Waals surface area contributed by atoms with E-state index >= 15 is 0 Å². The standard InChI is InChI=1S/C25H30ClF3N6S/c1-18-14-21(32-8-6-30-7-9-32)17-35(18)20-2-4-22(5-3-20)36-34-12-10-33(11-13-34)24-16-19(25(27,28)29)15-23(26)31-24/h2-5,15-16,21,30H,1,6-14,17H2. The Morgan fingerprint density at radius 3 is 2.36 bits per heavy atom. The van der Waals surface area contributed by atoms with E-state index in [0.29, 0.717) is 32.2 Å². The first-order chi connectivity index (χ1) is 17.3. The van der Waals surface area contributed by atoms with Crippen LogP contribution >= 0.6 is 23.5 Å². The van der Waals surface area contributed by atoms with Gasteiger partial charge in [0, 0.05) is 87.6 Å². The van der Waals surface area contributed by atoms with Crippen molar-refractivity contribution in [2.75, 3.05) is 68.7 Å². The lowest BCUT2D eigenvalue weighted by molar-refractivity contribution is -0.137. The lowest BCUT2D eigenvalue weighted by atomic mass is 10.2. The highest BCUT2D eigenvalue weighted by molar-refractivity contribution is 7.97. The molecule has 0 bridgehead atoms. The average Bonchev–Trinajstić information content (AvgIpc) is 3.26. The Labute approximate surface area is 219 Å². The van der Waals surface area contributed by atoms with Gasteiger partial charge in [-0.25, -0.2) is 9.29 Å². The fraction of sp³-hybridized carbons (Fsp3) is 0.480. The summed E-state index contributed by atoms with van der Waals surface area (Å²) in [5, 5.41) is 3.27. The second kappa shape index (κ2) is 10.8. The smallest absolute Gasteiger partial charge is 0.354 e. The molecule has 3 saturated heterocycles. The van der Waals surface area contributed by atoms with Crippen molar-refractivity contribution in [3.05, 3.63) is 59.4 Å². The van der Waals surface area contributed by atoms with Crippen LogP contribution in [0.4, 0.5) is 24.7 Å². The summed E-state index contributed by atoms with van der Waals surface area (Å²) >= 11 is 7.53. The van der Waals surface area contributed by atoms with E-state index in [2.05, 4.69) is 55.3 Å². The normalized spacial score (nSPS) is 22.4. The molecule has 1 N–H and O–H groups in total. The Morgan fingerprint density at radius 1 is 1.00 bits per heavy atom. The van der Waals surface area contributed by atoms with Crippen LogP contribution in [0.2, 0.25) is 5.15 Å². The Hall–Kier alpha value is -1.98. The van der Waals surface area contributed by atoms with Gasteiger partial charge in [0.25, 0.3) is 0 Å². The minimum atomic E-state index is -4.45. The minimum Gasteiger partial charge on any atom is -0.354 e. The second-order valence-corrected chi connectivity index (χ2v) is 10.9. The number of alkyl halides is 3. The number of piperazine rings is 2. The van der Waals surface area contributed by atoms with Gasteiger partial charge in [-0.15, -0.1) is 0 Å². The molecule has 0 saturated carbocycles. The molecule has 5 rings (SSSR count). The fourth-order valence-electron chi connectivity index (χ4n) is 5.02. The molecule has 3 aliphatic heterocycles. The van der Waals surface area contributed by atoms with Crippen LogP contribution in [-0.2, 0) is 6.18 Å². The van der Waals surface area contributed by atoms with Gasteiger partial charge in [0.1, 0.15) is 11.0 Å². The van der Waals surface area contributed by atoms with Crippen molar-refractivity contribution in [3.63, 3.8) is 0 Å². The van der Waals surface area contributed by atoms with Gasteiger partial charge < -0.3 is 15.1 Å². The van der Waals surface area contributed by atoms with E-state index in [9.17, 15) is 13.2 Å². The molecule has 6 nitrogen and oxygen atoms in total. The average molecular weight is 539 g/mol.